The number of aliphatic hydroxyl groups excluding tert-OH is 1. The molecule has 1 fully saturated rings. The Kier molecular flexibility index (Phi) is 4.36. The molecule has 0 radical (unpaired) electrons. The van der Waals surface area contributed by atoms with Crippen molar-refractivity contribution >= 4 is 21.7 Å². The molecule has 0 saturated carbocycles. The van der Waals surface area contributed by atoms with E-state index in [1.165, 1.54) is 0 Å². The highest BCUT2D eigenvalue weighted by molar-refractivity contribution is 9.10. The normalized spacial score (nSPS) is 20.6. The number of nitrogens with zero attached hydrogens (tertiary/aromatic N) is 2. The van der Waals surface area contributed by atoms with Crippen molar-refractivity contribution < 1.29 is 9.84 Å². The lowest BCUT2D eigenvalue weighted by Gasteiger charge is -2.36. The van der Waals surface area contributed by atoms with Gasteiger partial charge in [0.2, 0.25) is 0 Å². The van der Waals surface area contributed by atoms with Gasteiger partial charge < -0.3 is 14.7 Å². The smallest absolute Gasteiger partial charge is 0.134 e. The molecule has 94 valence electrons. The molecular formula is C12H17BrN2O2. The second-order valence-electron chi connectivity index (χ2n) is 4.12. The lowest BCUT2D eigenvalue weighted by atomic mass is 10.1. The molecule has 5 heteroatoms. The number of pyridine rings is 1. The van der Waals surface area contributed by atoms with E-state index in [4.69, 9.17) is 4.74 Å². The van der Waals surface area contributed by atoms with Crippen LogP contribution in [0.2, 0.25) is 0 Å². The number of rotatable bonds is 3. The van der Waals surface area contributed by atoms with E-state index in [9.17, 15) is 5.11 Å². The molecule has 1 N–H and O–H groups in total. The van der Waals surface area contributed by atoms with Crippen LogP contribution in [0, 0.1) is 0 Å². The number of morpholine rings is 1. The molecule has 0 aliphatic carbocycles. The third kappa shape index (κ3) is 2.78. The van der Waals surface area contributed by atoms with Gasteiger partial charge in [-0.15, -0.1) is 0 Å². The van der Waals surface area contributed by atoms with Gasteiger partial charge in [-0.1, -0.05) is 6.92 Å². The Hall–Kier alpha value is -0.650. The average Bonchev–Trinajstić information content (AvgIpc) is 2.38. The molecule has 1 aliphatic heterocycles. The van der Waals surface area contributed by atoms with Gasteiger partial charge in [-0.3, -0.25) is 0 Å². The Balaban J connectivity index is 2.30. The first-order valence-electron chi connectivity index (χ1n) is 5.86. The molecule has 1 atom stereocenters. The van der Waals surface area contributed by atoms with Crippen LogP contribution in [0.1, 0.15) is 18.9 Å². The maximum absolute atomic E-state index is 9.41. The third-order valence-electron chi connectivity index (χ3n) is 3.05. The van der Waals surface area contributed by atoms with Crippen molar-refractivity contribution in [1.82, 2.24) is 4.98 Å². The summed E-state index contributed by atoms with van der Waals surface area (Å²) in [7, 11) is 0. The van der Waals surface area contributed by atoms with Crippen LogP contribution in [0.3, 0.4) is 0 Å². The summed E-state index contributed by atoms with van der Waals surface area (Å²) >= 11 is 3.38. The highest BCUT2D eigenvalue weighted by Gasteiger charge is 2.24. The lowest BCUT2D eigenvalue weighted by molar-refractivity contribution is 0.0923. The van der Waals surface area contributed by atoms with Crippen LogP contribution in [-0.4, -0.2) is 35.9 Å². The quantitative estimate of drug-likeness (QED) is 0.927. The summed E-state index contributed by atoms with van der Waals surface area (Å²) in [6.45, 7) is 4.44. The van der Waals surface area contributed by atoms with Gasteiger partial charge in [0.25, 0.3) is 0 Å². The number of aliphatic hydroxyl groups is 1. The summed E-state index contributed by atoms with van der Waals surface area (Å²) in [5.74, 6) is 0.880. The number of halogens is 1. The highest BCUT2D eigenvalue weighted by atomic mass is 79.9. The maximum Gasteiger partial charge on any atom is 0.134 e. The van der Waals surface area contributed by atoms with E-state index in [1.807, 2.05) is 6.07 Å². The van der Waals surface area contributed by atoms with E-state index in [2.05, 4.69) is 32.7 Å². The van der Waals surface area contributed by atoms with Gasteiger partial charge in [0, 0.05) is 22.8 Å². The van der Waals surface area contributed by atoms with Crippen molar-refractivity contribution in [3.63, 3.8) is 0 Å². The predicted octanol–water partition coefficient (Wildman–Crippen LogP) is 1.95. The first-order valence-corrected chi connectivity index (χ1v) is 6.65. The van der Waals surface area contributed by atoms with Crippen LogP contribution in [0.5, 0.6) is 0 Å². The summed E-state index contributed by atoms with van der Waals surface area (Å²) in [4.78, 5) is 6.67. The number of anilines is 1. The molecule has 1 saturated heterocycles. The first kappa shape index (κ1) is 12.8. The van der Waals surface area contributed by atoms with Crippen molar-refractivity contribution in [3.8, 4) is 0 Å². The minimum absolute atomic E-state index is 0.00949. The number of aromatic nitrogens is 1. The lowest BCUT2D eigenvalue weighted by Crippen LogP contribution is -2.46. The fourth-order valence-electron chi connectivity index (χ4n) is 2.12. The van der Waals surface area contributed by atoms with Gasteiger partial charge in [-0.2, -0.15) is 0 Å². The fourth-order valence-corrected chi connectivity index (χ4v) is 2.50. The number of hydrogen-bond acceptors (Lipinski definition) is 4. The Morgan fingerprint density at radius 2 is 2.47 bits per heavy atom. The largest absolute Gasteiger partial charge is 0.392 e. The summed E-state index contributed by atoms with van der Waals surface area (Å²) in [5, 5.41) is 9.41. The summed E-state index contributed by atoms with van der Waals surface area (Å²) in [6, 6.07) is 2.27. The van der Waals surface area contributed by atoms with Crippen LogP contribution in [0.25, 0.3) is 0 Å². The molecule has 1 aromatic rings. The summed E-state index contributed by atoms with van der Waals surface area (Å²) < 4.78 is 6.38. The van der Waals surface area contributed by atoms with Crippen LogP contribution in [-0.2, 0) is 11.3 Å². The minimum Gasteiger partial charge on any atom is -0.392 e. The van der Waals surface area contributed by atoms with Gasteiger partial charge in [0.1, 0.15) is 5.82 Å². The second-order valence-corrected chi connectivity index (χ2v) is 5.04. The van der Waals surface area contributed by atoms with E-state index < -0.39 is 0 Å². The Morgan fingerprint density at radius 1 is 1.65 bits per heavy atom. The van der Waals surface area contributed by atoms with E-state index in [0.29, 0.717) is 6.04 Å². The molecule has 0 aromatic carbocycles. The van der Waals surface area contributed by atoms with Crippen molar-refractivity contribution in [2.24, 2.45) is 0 Å². The zero-order valence-electron chi connectivity index (χ0n) is 9.90. The van der Waals surface area contributed by atoms with E-state index >= 15 is 0 Å². The molecule has 2 rings (SSSR count). The van der Waals surface area contributed by atoms with Crippen molar-refractivity contribution in [2.75, 3.05) is 24.7 Å². The average molecular weight is 301 g/mol. The van der Waals surface area contributed by atoms with Crippen molar-refractivity contribution in [1.29, 1.82) is 0 Å². The zero-order chi connectivity index (χ0) is 12.3. The maximum atomic E-state index is 9.41. The molecule has 2 heterocycles. The Labute approximate surface area is 110 Å². The summed E-state index contributed by atoms with van der Waals surface area (Å²) in [5.41, 5.74) is 0.861. The molecule has 1 aromatic heterocycles. The summed E-state index contributed by atoms with van der Waals surface area (Å²) in [6.07, 6.45) is 2.79. The molecule has 4 nitrogen and oxygen atoms in total. The molecule has 0 amide bonds. The standard InChI is InChI=1S/C12H17BrN2O2/c1-2-11-8-17-4-3-15(11)12-9(7-16)5-10(13)6-14-12/h5-6,11,16H,2-4,7-8H2,1H3. The van der Waals surface area contributed by atoms with E-state index in [0.717, 1.165) is 42.0 Å². The van der Waals surface area contributed by atoms with Gasteiger partial charge >= 0.3 is 0 Å². The van der Waals surface area contributed by atoms with Gasteiger partial charge in [-0.05, 0) is 28.4 Å². The van der Waals surface area contributed by atoms with Crippen LogP contribution >= 0.6 is 15.9 Å². The highest BCUT2D eigenvalue weighted by Crippen LogP contribution is 2.25. The molecule has 1 unspecified atom stereocenters. The van der Waals surface area contributed by atoms with Crippen LogP contribution < -0.4 is 4.90 Å². The molecule has 0 spiro atoms. The topological polar surface area (TPSA) is 45.6 Å². The zero-order valence-corrected chi connectivity index (χ0v) is 11.5. The van der Waals surface area contributed by atoms with E-state index in [-0.39, 0.29) is 6.61 Å². The van der Waals surface area contributed by atoms with Crippen LogP contribution in [0.4, 0.5) is 5.82 Å². The number of hydrogen-bond donors (Lipinski definition) is 1. The Morgan fingerprint density at radius 3 is 3.18 bits per heavy atom. The SMILES string of the molecule is CCC1COCCN1c1ncc(Br)cc1CO. The first-order chi connectivity index (χ1) is 8.26. The predicted molar refractivity (Wildman–Crippen MR) is 70.1 cm³/mol. The molecule has 1 aliphatic rings. The minimum atomic E-state index is 0.00949. The van der Waals surface area contributed by atoms with Crippen LogP contribution in [0.15, 0.2) is 16.7 Å². The molecule has 17 heavy (non-hydrogen) atoms. The van der Waals surface area contributed by atoms with Crippen molar-refractivity contribution in [2.45, 2.75) is 26.0 Å². The third-order valence-corrected chi connectivity index (χ3v) is 3.48. The molecule has 0 bridgehead atoms. The van der Waals surface area contributed by atoms with Gasteiger partial charge in [0.05, 0.1) is 25.9 Å². The van der Waals surface area contributed by atoms with Crippen molar-refractivity contribution in [3.05, 3.63) is 22.3 Å². The fraction of sp³-hybridized carbons (Fsp3) is 0.583. The monoisotopic (exact) mass is 300 g/mol. The van der Waals surface area contributed by atoms with Gasteiger partial charge in [0.15, 0.2) is 0 Å². The Bertz CT molecular complexity index is 387. The van der Waals surface area contributed by atoms with E-state index in [1.54, 1.807) is 6.20 Å². The molecular weight excluding hydrogens is 284 g/mol. The second kappa shape index (κ2) is 5.80. The number of ether oxygens (including phenoxy) is 1. The van der Waals surface area contributed by atoms with Gasteiger partial charge in [-0.25, -0.2) is 4.98 Å².